The highest BCUT2D eigenvalue weighted by atomic mass is 35.5. The number of unbranched alkanes of at least 4 members (excludes halogenated alkanes) is 1. The van der Waals surface area contributed by atoms with Gasteiger partial charge in [-0.15, -0.1) is 11.3 Å². The van der Waals surface area contributed by atoms with Gasteiger partial charge in [-0.2, -0.15) is 18.5 Å². The molecule has 0 atom stereocenters. The van der Waals surface area contributed by atoms with Crippen LogP contribution < -0.4 is 29.4 Å². The molecule has 1 amide bonds. The third-order valence-corrected chi connectivity index (χ3v) is 10.2. The summed E-state index contributed by atoms with van der Waals surface area (Å²) in [4.78, 5) is 30.1. The summed E-state index contributed by atoms with van der Waals surface area (Å²) >= 11 is 9.02. The topological polar surface area (TPSA) is 122 Å². The summed E-state index contributed by atoms with van der Waals surface area (Å²) in [5.74, 6) is 0.212. The normalized spacial score (nSPS) is 17.9. The van der Waals surface area contributed by atoms with Crippen LogP contribution in [0.3, 0.4) is 0 Å². The number of nitrogens with zero attached hydrogens (tertiary/aromatic N) is 4. The first-order chi connectivity index (χ1) is 19.0. The fourth-order valence-electron chi connectivity index (χ4n) is 4.44. The number of thiazole rings is 1. The number of rotatable bonds is 6. The van der Waals surface area contributed by atoms with E-state index in [0.717, 1.165) is 45.6 Å². The Balaban J connectivity index is 1.68. The van der Waals surface area contributed by atoms with Gasteiger partial charge in [0.05, 0.1) is 39.7 Å². The molecule has 14 heteroatoms. The van der Waals surface area contributed by atoms with Crippen molar-refractivity contribution in [3.8, 4) is 5.75 Å². The molecule has 0 fully saturated rings. The van der Waals surface area contributed by atoms with Crippen LogP contribution in [0.2, 0.25) is 5.02 Å². The molecule has 0 unspecified atom stereocenters. The smallest absolute Gasteiger partial charge is 0.294 e. The molecule has 3 heterocycles. The molecule has 0 aliphatic carbocycles. The fourth-order valence-corrected chi connectivity index (χ4v) is 7.82. The average molecular weight is 621 g/mol. The van der Waals surface area contributed by atoms with Gasteiger partial charge in [0.1, 0.15) is 20.0 Å². The van der Waals surface area contributed by atoms with Gasteiger partial charge in [0.15, 0.2) is 0 Å². The summed E-state index contributed by atoms with van der Waals surface area (Å²) in [5, 5.41) is 6.16. The maximum Gasteiger partial charge on any atom is 0.294 e. The lowest BCUT2D eigenvalue weighted by Crippen LogP contribution is -2.35. The van der Waals surface area contributed by atoms with Crippen LogP contribution in [0, 0.1) is 0 Å². The second-order valence-corrected chi connectivity index (χ2v) is 13.0. The van der Waals surface area contributed by atoms with E-state index in [1.165, 1.54) is 29.2 Å². The highest BCUT2D eigenvalue weighted by molar-refractivity contribution is 8.08. The van der Waals surface area contributed by atoms with Gasteiger partial charge in [-0.1, -0.05) is 36.7 Å². The van der Waals surface area contributed by atoms with Crippen molar-refractivity contribution in [2.24, 2.45) is 5.10 Å². The largest absolute Gasteiger partial charge is 0.497 e. The summed E-state index contributed by atoms with van der Waals surface area (Å²) in [6.07, 6.45) is 1.59. The number of hydrogen-bond acceptors (Lipinski definition) is 9. The van der Waals surface area contributed by atoms with E-state index in [0.29, 0.717) is 27.2 Å². The molecule has 0 saturated carbocycles. The first kappa shape index (κ1) is 28.4. The Bertz CT molecular complexity index is 1880. The first-order valence-corrected chi connectivity index (χ1v) is 15.7. The van der Waals surface area contributed by atoms with Gasteiger partial charge >= 0.3 is 0 Å². The van der Waals surface area contributed by atoms with Crippen molar-refractivity contribution in [1.82, 2.24) is 4.57 Å². The van der Waals surface area contributed by atoms with Gasteiger partial charge in [-0.05, 0) is 43.7 Å². The molecule has 0 bridgehead atoms. The molecule has 1 aromatic heterocycles. The lowest BCUT2D eigenvalue weighted by molar-refractivity contribution is -0.112. The Kier molecular flexibility index (Phi) is 7.61. The van der Waals surface area contributed by atoms with Crippen molar-refractivity contribution in [3.05, 3.63) is 61.0 Å². The van der Waals surface area contributed by atoms with Gasteiger partial charge < -0.3 is 9.64 Å². The van der Waals surface area contributed by atoms with Gasteiger partial charge in [-0.3, -0.25) is 18.7 Å². The van der Waals surface area contributed by atoms with Crippen LogP contribution in [0.5, 0.6) is 5.75 Å². The molecule has 2 aliphatic rings. The van der Waals surface area contributed by atoms with Crippen LogP contribution in [-0.4, -0.2) is 43.3 Å². The number of amides is 1. The summed E-state index contributed by atoms with van der Waals surface area (Å²) in [7, 11) is -0.982. The van der Waals surface area contributed by atoms with Crippen molar-refractivity contribution in [1.29, 1.82) is 0 Å². The van der Waals surface area contributed by atoms with Gasteiger partial charge in [0.2, 0.25) is 0 Å². The summed E-state index contributed by atoms with van der Waals surface area (Å²) in [6.45, 7) is 4.13. The number of methoxy groups -OCH3 is 1. The zero-order chi connectivity index (χ0) is 28.9. The number of thioether (sulfide) groups is 1. The Morgan fingerprint density at radius 1 is 1.12 bits per heavy atom. The minimum atomic E-state index is -4.48. The molecule has 2 aromatic carbocycles. The van der Waals surface area contributed by atoms with E-state index < -0.39 is 20.9 Å². The molecule has 0 saturated heterocycles. The fraction of sp³-hybridized carbons (Fsp3) is 0.269. The minimum Gasteiger partial charge on any atom is -0.497 e. The van der Waals surface area contributed by atoms with E-state index in [9.17, 15) is 22.6 Å². The molecular weight excluding hydrogens is 596 g/mol. The maximum atomic E-state index is 13.8. The molecule has 40 heavy (non-hydrogen) atoms. The molecule has 0 radical (unpaired) electrons. The molecule has 1 N–H and O–H groups in total. The van der Waals surface area contributed by atoms with E-state index in [1.54, 1.807) is 18.6 Å². The number of hydrazone groups is 1. The highest BCUT2D eigenvalue weighted by Crippen LogP contribution is 2.46. The molecule has 5 rings (SSSR count). The zero-order valence-corrected chi connectivity index (χ0v) is 25.2. The standard InChI is InChI=1S/C26H25ClN4O6S3/c1-5-6-11-30-24(33)22(26-29(3)19-12-15(37-4)7-10-20(19)38-26)39-25(30)21-14(2)28-31(23(21)32)18-9-8-16(13-17(18)27)40(34,35)36/h7-10,12-13H,5-6,11H2,1-4H3,(H,34,35,36). The second kappa shape index (κ2) is 10.7. The van der Waals surface area contributed by atoms with Gasteiger partial charge in [0, 0.05) is 24.6 Å². The van der Waals surface area contributed by atoms with Crippen LogP contribution in [0.15, 0.2) is 56.1 Å². The van der Waals surface area contributed by atoms with Crippen LogP contribution in [0.25, 0.3) is 10.6 Å². The Hall–Kier alpha value is -3.10. The second-order valence-electron chi connectivity index (χ2n) is 9.11. The van der Waals surface area contributed by atoms with E-state index >= 15 is 0 Å². The first-order valence-electron chi connectivity index (χ1n) is 12.2. The number of carbonyl (C=O) groups is 1. The quantitative estimate of drug-likeness (QED) is 0.416. The molecule has 10 nitrogen and oxygen atoms in total. The number of ether oxygens (including phenoxy) is 1. The zero-order valence-electron chi connectivity index (χ0n) is 22.0. The van der Waals surface area contributed by atoms with Gasteiger partial charge in [-0.25, -0.2) is 0 Å². The predicted molar refractivity (Wildman–Crippen MR) is 159 cm³/mol. The van der Waals surface area contributed by atoms with E-state index in [2.05, 4.69) is 5.10 Å². The number of hydrogen-bond donors (Lipinski definition) is 1. The molecular formula is C26H25ClN4O6S3. The maximum absolute atomic E-state index is 13.8. The van der Waals surface area contributed by atoms with Gasteiger partial charge in [0.25, 0.3) is 21.6 Å². The number of anilines is 2. The summed E-state index contributed by atoms with van der Waals surface area (Å²) in [6, 6.07) is 9.24. The van der Waals surface area contributed by atoms with E-state index in [-0.39, 0.29) is 21.8 Å². The Morgan fingerprint density at radius 3 is 2.52 bits per heavy atom. The average Bonchev–Trinajstić information content (AvgIpc) is 3.51. The van der Waals surface area contributed by atoms with Crippen molar-refractivity contribution in [3.63, 3.8) is 0 Å². The van der Waals surface area contributed by atoms with Crippen LogP contribution in [0.1, 0.15) is 26.7 Å². The van der Waals surface area contributed by atoms with Crippen LogP contribution >= 0.6 is 34.7 Å². The Morgan fingerprint density at radius 2 is 1.88 bits per heavy atom. The minimum absolute atomic E-state index is 0.0794. The van der Waals surface area contributed by atoms with Crippen LogP contribution in [0.4, 0.5) is 11.4 Å². The highest BCUT2D eigenvalue weighted by Gasteiger charge is 2.33. The molecule has 0 spiro atoms. The van der Waals surface area contributed by atoms with Crippen molar-refractivity contribution in [2.45, 2.75) is 43.0 Å². The molecule has 3 aromatic rings. The summed E-state index contributed by atoms with van der Waals surface area (Å²) < 4.78 is 40.3. The van der Waals surface area contributed by atoms with Crippen molar-refractivity contribution >= 4 is 78.4 Å². The predicted octanol–water partition coefficient (Wildman–Crippen LogP) is 3.50. The Labute approximate surface area is 243 Å². The number of carbonyl (C=O) groups excluding carboxylic acids is 1. The number of fused-ring (bicyclic) bond motifs is 1. The third-order valence-electron chi connectivity index (χ3n) is 6.53. The monoisotopic (exact) mass is 620 g/mol. The molecule has 210 valence electrons. The van der Waals surface area contributed by atoms with Crippen molar-refractivity contribution < 1.29 is 22.5 Å². The van der Waals surface area contributed by atoms with Crippen molar-refractivity contribution in [2.75, 3.05) is 24.1 Å². The molecule has 2 aliphatic heterocycles. The third kappa shape index (κ3) is 4.85. The van der Waals surface area contributed by atoms with E-state index in [4.69, 9.17) is 16.3 Å². The lowest BCUT2D eigenvalue weighted by atomic mass is 10.2. The summed E-state index contributed by atoms with van der Waals surface area (Å²) in [5.41, 5.74) is 1.54. The number of aromatic nitrogens is 1. The SMILES string of the molecule is CCCCn1c(=C2C(=O)N(c3ccc(S(=O)(=O)O)cc3Cl)N=C2C)sc(=C2Sc3ccc(OC)cc3N2C)c1=O. The number of halogens is 1. The van der Waals surface area contributed by atoms with Crippen LogP contribution in [-0.2, 0) is 21.5 Å². The number of benzene rings is 2. The lowest BCUT2D eigenvalue weighted by Gasteiger charge is -2.14. The van der Waals surface area contributed by atoms with E-state index in [1.807, 2.05) is 37.1 Å².